The van der Waals surface area contributed by atoms with Crippen LogP contribution < -0.4 is 0 Å². The van der Waals surface area contributed by atoms with Crippen LogP contribution in [0.4, 0.5) is 0 Å². The zero-order valence-electron chi connectivity index (χ0n) is 8.58. The highest BCUT2D eigenvalue weighted by atomic mass is 32.1. The monoisotopic (exact) mass is 242 g/mol. The van der Waals surface area contributed by atoms with Crippen LogP contribution in [-0.2, 0) is 11.2 Å². The summed E-state index contributed by atoms with van der Waals surface area (Å²) in [4.78, 5) is 10.5. The third-order valence-corrected chi connectivity index (χ3v) is 2.57. The van der Waals surface area contributed by atoms with Crippen molar-refractivity contribution in [2.24, 2.45) is 0 Å². The molecule has 0 saturated carbocycles. The summed E-state index contributed by atoms with van der Waals surface area (Å²) in [5, 5.41) is 27.7. The van der Waals surface area contributed by atoms with Gasteiger partial charge in [0.1, 0.15) is 6.10 Å². The van der Waals surface area contributed by atoms with Gasteiger partial charge in [0.25, 0.3) is 0 Å². The van der Waals surface area contributed by atoms with Crippen molar-refractivity contribution in [1.82, 2.24) is 0 Å². The first kappa shape index (κ1) is 13.0. The Labute approximate surface area is 99.0 Å². The van der Waals surface area contributed by atoms with Crippen molar-refractivity contribution < 1.29 is 20.1 Å². The van der Waals surface area contributed by atoms with Crippen LogP contribution in [-0.4, -0.2) is 33.1 Å². The fourth-order valence-corrected chi connectivity index (χ4v) is 1.58. The minimum absolute atomic E-state index is 0.0997. The number of aliphatic carboxylic acids is 1. The molecular weight excluding hydrogens is 228 g/mol. The van der Waals surface area contributed by atoms with Gasteiger partial charge in [-0.05, 0) is 11.1 Å². The number of thiol groups is 1. The van der Waals surface area contributed by atoms with Crippen LogP contribution in [0.1, 0.15) is 17.2 Å². The maximum absolute atomic E-state index is 10.5. The number of benzene rings is 1. The Bertz CT molecular complexity index is 367. The van der Waals surface area contributed by atoms with Gasteiger partial charge < -0.3 is 15.3 Å². The molecule has 0 aliphatic heterocycles. The van der Waals surface area contributed by atoms with Crippen LogP contribution in [0.5, 0.6) is 0 Å². The molecule has 0 bridgehead atoms. The first-order valence-electron chi connectivity index (χ1n) is 4.82. The van der Waals surface area contributed by atoms with Crippen LogP contribution in [0.25, 0.3) is 0 Å². The van der Waals surface area contributed by atoms with E-state index in [1.54, 1.807) is 24.3 Å². The molecule has 88 valence electrons. The topological polar surface area (TPSA) is 77.8 Å². The van der Waals surface area contributed by atoms with E-state index in [-0.39, 0.29) is 12.2 Å². The molecule has 0 aliphatic rings. The van der Waals surface area contributed by atoms with Crippen LogP contribution in [0, 0.1) is 0 Å². The molecule has 1 aromatic carbocycles. The summed E-state index contributed by atoms with van der Waals surface area (Å²) in [5.41, 5.74) is 1.09. The Kier molecular flexibility index (Phi) is 4.79. The van der Waals surface area contributed by atoms with Crippen LogP contribution in [0.3, 0.4) is 0 Å². The number of hydrogen-bond acceptors (Lipinski definition) is 4. The molecule has 0 radical (unpaired) electrons. The lowest BCUT2D eigenvalue weighted by molar-refractivity contribution is -0.136. The summed E-state index contributed by atoms with van der Waals surface area (Å²) in [7, 11) is 0. The Hall–Kier alpha value is -1.04. The highest BCUT2D eigenvalue weighted by Crippen LogP contribution is 2.19. The van der Waals surface area contributed by atoms with E-state index in [9.17, 15) is 15.0 Å². The van der Waals surface area contributed by atoms with E-state index in [2.05, 4.69) is 12.6 Å². The van der Waals surface area contributed by atoms with Gasteiger partial charge in [-0.15, -0.1) is 0 Å². The van der Waals surface area contributed by atoms with Crippen LogP contribution in [0.2, 0.25) is 0 Å². The van der Waals surface area contributed by atoms with E-state index in [0.29, 0.717) is 11.1 Å². The molecule has 1 rings (SSSR count). The summed E-state index contributed by atoms with van der Waals surface area (Å²) in [6.45, 7) is 0. The Morgan fingerprint density at radius 3 is 2.62 bits per heavy atom. The maximum Gasteiger partial charge on any atom is 0.307 e. The van der Waals surface area contributed by atoms with E-state index >= 15 is 0 Å². The summed E-state index contributed by atoms with van der Waals surface area (Å²) < 4.78 is 0. The summed E-state index contributed by atoms with van der Waals surface area (Å²) in [6.07, 6.45) is -2.09. The number of aliphatic hydroxyl groups is 2. The molecule has 0 heterocycles. The van der Waals surface area contributed by atoms with Crippen molar-refractivity contribution in [3.63, 3.8) is 0 Å². The smallest absolute Gasteiger partial charge is 0.307 e. The average Bonchev–Trinajstić information content (AvgIpc) is 2.26. The summed E-state index contributed by atoms with van der Waals surface area (Å²) in [6, 6.07) is 6.54. The van der Waals surface area contributed by atoms with Crippen LogP contribution >= 0.6 is 12.6 Å². The normalized spacial score (nSPS) is 14.4. The Balaban J connectivity index is 2.85. The average molecular weight is 242 g/mol. The zero-order valence-corrected chi connectivity index (χ0v) is 9.47. The van der Waals surface area contributed by atoms with Gasteiger partial charge in [-0.2, -0.15) is 12.6 Å². The fourth-order valence-electron chi connectivity index (χ4n) is 1.38. The van der Waals surface area contributed by atoms with Gasteiger partial charge in [0.15, 0.2) is 0 Å². The van der Waals surface area contributed by atoms with Crippen molar-refractivity contribution in [3.8, 4) is 0 Å². The molecular formula is C11H14O4S. The Morgan fingerprint density at radius 1 is 1.38 bits per heavy atom. The number of carboxylic acid groups (broad SMARTS) is 1. The molecule has 16 heavy (non-hydrogen) atoms. The van der Waals surface area contributed by atoms with Crippen molar-refractivity contribution in [1.29, 1.82) is 0 Å². The number of rotatable bonds is 5. The second kappa shape index (κ2) is 5.89. The third kappa shape index (κ3) is 3.52. The van der Waals surface area contributed by atoms with Crippen LogP contribution in [0.15, 0.2) is 24.3 Å². The lowest BCUT2D eigenvalue weighted by Crippen LogP contribution is -2.19. The molecule has 2 unspecified atom stereocenters. The van der Waals surface area contributed by atoms with Gasteiger partial charge in [0.2, 0.25) is 0 Å². The summed E-state index contributed by atoms with van der Waals surface area (Å²) >= 11 is 3.88. The van der Waals surface area contributed by atoms with E-state index in [1.165, 1.54) is 0 Å². The van der Waals surface area contributed by atoms with Crippen molar-refractivity contribution in [2.45, 2.75) is 18.6 Å². The molecule has 2 atom stereocenters. The van der Waals surface area contributed by atoms with E-state index < -0.39 is 18.2 Å². The van der Waals surface area contributed by atoms with Crippen molar-refractivity contribution >= 4 is 18.6 Å². The number of hydrogen-bond donors (Lipinski definition) is 4. The third-order valence-electron chi connectivity index (χ3n) is 2.20. The highest BCUT2D eigenvalue weighted by Gasteiger charge is 2.17. The molecule has 0 amide bonds. The molecule has 1 aromatic rings. The molecule has 0 saturated heterocycles. The van der Waals surface area contributed by atoms with Gasteiger partial charge >= 0.3 is 5.97 Å². The lowest BCUT2D eigenvalue weighted by Gasteiger charge is -2.16. The first-order valence-corrected chi connectivity index (χ1v) is 5.45. The lowest BCUT2D eigenvalue weighted by atomic mass is 10.0. The fraction of sp³-hybridized carbons (Fsp3) is 0.364. The van der Waals surface area contributed by atoms with Crippen molar-refractivity contribution in [3.05, 3.63) is 35.4 Å². The first-order chi connectivity index (χ1) is 7.54. The Morgan fingerprint density at radius 2 is 2.06 bits per heavy atom. The number of carboxylic acids is 1. The van der Waals surface area contributed by atoms with Gasteiger partial charge in [0.05, 0.1) is 12.5 Å². The van der Waals surface area contributed by atoms with E-state index in [4.69, 9.17) is 5.11 Å². The van der Waals surface area contributed by atoms with Gasteiger partial charge in [0, 0.05) is 5.75 Å². The number of carbonyl (C=O) groups is 1. The zero-order chi connectivity index (χ0) is 12.1. The molecule has 0 aliphatic carbocycles. The van der Waals surface area contributed by atoms with E-state index in [1.807, 2.05) is 0 Å². The largest absolute Gasteiger partial charge is 0.481 e. The molecule has 0 fully saturated rings. The quantitative estimate of drug-likeness (QED) is 0.571. The highest BCUT2D eigenvalue weighted by molar-refractivity contribution is 7.80. The second-order valence-corrected chi connectivity index (χ2v) is 3.88. The minimum atomic E-state index is -1.04. The predicted molar refractivity (Wildman–Crippen MR) is 62.6 cm³/mol. The molecule has 0 spiro atoms. The van der Waals surface area contributed by atoms with Gasteiger partial charge in [-0.25, -0.2) is 0 Å². The maximum atomic E-state index is 10.5. The van der Waals surface area contributed by atoms with E-state index in [0.717, 1.165) is 0 Å². The molecule has 5 heteroatoms. The molecule has 0 aromatic heterocycles. The number of aliphatic hydroxyl groups excluding tert-OH is 2. The van der Waals surface area contributed by atoms with Gasteiger partial charge in [-0.1, -0.05) is 24.3 Å². The standard InChI is InChI=1S/C11H14O4S/c12-9(6-16)11(15)8-3-1-2-7(4-8)5-10(13)14/h1-4,9,11-12,15-16H,5-6H2,(H,13,14). The SMILES string of the molecule is O=C(O)Cc1cccc(C(O)C(O)CS)c1. The predicted octanol–water partition coefficient (Wildman–Crippen LogP) is 0.638. The molecule has 4 nitrogen and oxygen atoms in total. The summed E-state index contributed by atoms with van der Waals surface area (Å²) in [5.74, 6) is -0.786. The minimum Gasteiger partial charge on any atom is -0.481 e. The van der Waals surface area contributed by atoms with Gasteiger partial charge in [-0.3, -0.25) is 4.79 Å². The second-order valence-electron chi connectivity index (χ2n) is 3.51. The molecule has 3 N–H and O–H groups in total. The van der Waals surface area contributed by atoms with Crippen molar-refractivity contribution in [2.75, 3.05) is 5.75 Å².